The lowest BCUT2D eigenvalue weighted by Crippen LogP contribution is -2.21. The fraction of sp³-hybridized carbons (Fsp3) is 0.190. The maximum Gasteiger partial charge on any atom is 0.266 e. The smallest absolute Gasteiger partial charge is 0.266 e. The van der Waals surface area contributed by atoms with Crippen LogP contribution in [0.15, 0.2) is 63.0 Å². The minimum atomic E-state index is -0.111. The molecule has 2 aromatic heterocycles. The van der Waals surface area contributed by atoms with Gasteiger partial charge < -0.3 is 9.26 Å². The molecule has 6 nitrogen and oxygen atoms in total. The van der Waals surface area contributed by atoms with Crippen LogP contribution < -0.4 is 10.3 Å². The van der Waals surface area contributed by atoms with Crippen molar-refractivity contribution in [3.63, 3.8) is 0 Å². The average Bonchev–Trinajstić information content (AvgIpc) is 3.04. The molecule has 0 aliphatic carbocycles. The summed E-state index contributed by atoms with van der Waals surface area (Å²) in [7, 11) is 1.60. The summed E-state index contributed by atoms with van der Waals surface area (Å²) < 4.78 is 12.2. The lowest BCUT2D eigenvalue weighted by atomic mass is 10.2. The Labute approximate surface area is 166 Å². The summed E-state index contributed by atoms with van der Waals surface area (Å²) in [6, 6.07) is 14.8. The highest BCUT2D eigenvalue weighted by Crippen LogP contribution is 2.28. The van der Waals surface area contributed by atoms with E-state index in [2.05, 4.69) is 5.16 Å². The summed E-state index contributed by atoms with van der Waals surface area (Å²) in [4.78, 5) is 18.0. The molecule has 4 rings (SSSR count). The Morgan fingerprint density at radius 3 is 2.71 bits per heavy atom. The second kappa shape index (κ2) is 7.52. The van der Waals surface area contributed by atoms with E-state index in [1.807, 2.05) is 56.3 Å². The molecule has 0 atom stereocenters. The molecule has 0 aliphatic heterocycles. The molecule has 0 unspecified atom stereocenters. The van der Waals surface area contributed by atoms with Gasteiger partial charge in [-0.1, -0.05) is 35.1 Å². The van der Waals surface area contributed by atoms with Gasteiger partial charge in [0, 0.05) is 17.4 Å². The molecular weight excluding hydrogens is 374 g/mol. The monoisotopic (exact) mass is 393 g/mol. The molecule has 0 aliphatic rings. The van der Waals surface area contributed by atoms with Gasteiger partial charge in [-0.25, -0.2) is 4.98 Å². The maximum atomic E-state index is 13.3. The van der Waals surface area contributed by atoms with Crippen molar-refractivity contribution in [1.82, 2.24) is 14.7 Å². The zero-order valence-electron chi connectivity index (χ0n) is 15.8. The largest absolute Gasteiger partial charge is 0.497 e. The third-order valence-electron chi connectivity index (χ3n) is 4.58. The van der Waals surface area contributed by atoms with Gasteiger partial charge in [0.25, 0.3) is 5.56 Å². The molecule has 0 saturated carbocycles. The standard InChI is InChI=1S/C21H19N3O3S/c1-13-18(14(2)27-23-13)12-28-21-22-19-10-5-4-9-17(19)20(25)24(21)15-7-6-8-16(11-15)26-3/h4-11H,12H2,1-3H3. The van der Waals surface area contributed by atoms with Crippen LogP contribution in [0.2, 0.25) is 0 Å². The quantitative estimate of drug-likeness (QED) is 0.372. The summed E-state index contributed by atoms with van der Waals surface area (Å²) in [5.41, 5.74) is 3.14. The maximum absolute atomic E-state index is 13.3. The van der Waals surface area contributed by atoms with Gasteiger partial charge in [0.2, 0.25) is 0 Å². The Hall–Kier alpha value is -3.06. The Morgan fingerprint density at radius 1 is 1.14 bits per heavy atom. The predicted octanol–water partition coefficient (Wildman–Crippen LogP) is 4.29. The Bertz CT molecular complexity index is 1190. The van der Waals surface area contributed by atoms with E-state index in [0.29, 0.717) is 33.2 Å². The van der Waals surface area contributed by atoms with Crippen LogP contribution in [0.1, 0.15) is 17.0 Å². The number of rotatable bonds is 5. The third-order valence-corrected chi connectivity index (χ3v) is 5.55. The molecule has 0 saturated heterocycles. The van der Waals surface area contributed by atoms with Gasteiger partial charge in [-0.05, 0) is 38.1 Å². The van der Waals surface area contributed by atoms with Gasteiger partial charge in [-0.2, -0.15) is 0 Å². The fourth-order valence-corrected chi connectivity index (χ4v) is 4.20. The van der Waals surface area contributed by atoms with Gasteiger partial charge >= 0.3 is 0 Å². The highest BCUT2D eigenvalue weighted by atomic mass is 32.2. The number of hydrogen-bond donors (Lipinski definition) is 0. The van der Waals surface area contributed by atoms with Crippen molar-refractivity contribution in [2.45, 2.75) is 24.8 Å². The van der Waals surface area contributed by atoms with Crippen molar-refractivity contribution in [1.29, 1.82) is 0 Å². The highest BCUT2D eigenvalue weighted by Gasteiger charge is 2.16. The van der Waals surface area contributed by atoms with E-state index in [9.17, 15) is 4.79 Å². The Kier molecular flexibility index (Phi) is 4.92. The number of thioether (sulfide) groups is 1. The van der Waals surface area contributed by atoms with Crippen molar-refractivity contribution in [2.24, 2.45) is 0 Å². The van der Waals surface area contributed by atoms with E-state index >= 15 is 0 Å². The fourth-order valence-electron chi connectivity index (χ4n) is 3.03. The first-order valence-electron chi connectivity index (χ1n) is 8.79. The number of aromatic nitrogens is 3. The van der Waals surface area contributed by atoms with Crippen LogP contribution >= 0.6 is 11.8 Å². The van der Waals surface area contributed by atoms with Crippen molar-refractivity contribution >= 4 is 22.7 Å². The molecule has 4 aromatic rings. The zero-order valence-corrected chi connectivity index (χ0v) is 16.6. The van der Waals surface area contributed by atoms with Crippen LogP contribution in [0.25, 0.3) is 16.6 Å². The van der Waals surface area contributed by atoms with E-state index in [1.165, 1.54) is 11.8 Å². The molecule has 142 valence electrons. The summed E-state index contributed by atoms with van der Waals surface area (Å²) >= 11 is 1.48. The number of para-hydroxylation sites is 1. The molecular formula is C21H19N3O3S. The topological polar surface area (TPSA) is 70.2 Å². The lowest BCUT2D eigenvalue weighted by Gasteiger charge is -2.14. The van der Waals surface area contributed by atoms with E-state index < -0.39 is 0 Å². The van der Waals surface area contributed by atoms with Crippen LogP contribution in [0.4, 0.5) is 0 Å². The van der Waals surface area contributed by atoms with E-state index in [0.717, 1.165) is 17.0 Å². The number of benzene rings is 2. The molecule has 2 heterocycles. The second-order valence-electron chi connectivity index (χ2n) is 6.34. The SMILES string of the molecule is COc1cccc(-n2c(SCc3c(C)noc3C)nc3ccccc3c2=O)c1. The zero-order chi connectivity index (χ0) is 19.7. The number of ether oxygens (including phenoxy) is 1. The molecule has 0 bridgehead atoms. The van der Waals surface area contributed by atoms with E-state index in [-0.39, 0.29) is 5.56 Å². The summed E-state index contributed by atoms with van der Waals surface area (Å²) in [5, 5.41) is 5.19. The van der Waals surface area contributed by atoms with Gasteiger partial charge in [0.05, 0.1) is 29.4 Å². The van der Waals surface area contributed by atoms with E-state index in [4.69, 9.17) is 14.2 Å². The van der Waals surface area contributed by atoms with Gasteiger partial charge in [-0.3, -0.25) is 9.36 Å². The third kappa shape index (κ3) is 3.29. The van der Waals surface area contributed by atoms with Crippen molar-refractivity contribution < 1.29 is 9.26 Å². The van der Waals surface area contributed by atoms with Crippen molar-refractivity contribution in [3.8, 4) is 11.4 Å². The summed E-state index contributed by atoms with van der Waals surface area (Å²) in [6.45, 7) is 3.80. The van der Waals surface area contributed by atoms with E-state index in [1.54, 1.807) is 17.7 Å². The van der Waals surface area contributed by atoms with Gasteiger partial charge in [-0.15, -0.1) is 0 Å². The Morgan fingerprint density at radius 2 is 1.96 bits per heavy atom. The molecule has 0 spiro atoms. The molecule has 2 aromatic carbocycles. The van der Waals surface area contributed by atoms with Crippen LogP contribution in [0, 0.1) is 13.8 Å². The first-order valence-corrected chi connectivity index (χ1v) is 9.78. The summed E-state index contributed by atoms with van der Waals surface area (Å²) in [5.74, 6) is 2.07. The summed E-state index contributed by atoms with van der Waals surface area (Å²) in [6.07, 6.45) is 0. The predicted molar refractivity (Wildman–Crippen MR) is 109 cm³/mol. The number of methoxy groups -OCH3 is 1. The first-order chi connectivity index (χ1) is 13.6. The molecule has 0 fully saturated rings. The number of hydrogen-bond acceptors (Lipinski definition) is 6. The Balaban J connectivity index is 1.87. The second-order valence-corrected chi connectivity index (χ2v) is 7.29. The van der Waals surface area contributed by atoms with Crippen molar-refractivity contribution in [3.05, 3.63) is 75.9 Å². The average molecular weight is 393 g/mol. The normalized spacial score (nSPS) is 11.1. The van der Waals surface area contributed by atoms with Gasteiger partial charge in [0.15, 0.2) is 5.16 Å². The lowest BCUT2D eigenvalue weighted by molar-refractivity contribution is 0.392. The minimum Gasteiger partial charge on any atom is -0.497 e. The molecule has 28 heavy (non-hydrogen) atoms. The molecule has 0 N–H and O–H groups in total. The first kappa shape index (κ1) is 18.3. The highest BCUT2D eigenvalue weighted by molar-refractivity contribution is 7.98. The van der Waals surface area contributed by atoms with Crippen LogP contribution in [-0.2, 0) is 5.75 Å². The van der Waals surface area contributed by atoms with Gasteiger partial charge in [0.1, 0.15) is 11.5 Å². The van der Waals surface area contributed by atoms with Crippen LogP contribution in [0.5, 0.6) is 5.75 Å². The molecule has 0 radical (unpaired) electrons. The minimum absolute atomic E-state index is 0.111. The molecule has 7 heteroatoms. The van der Waals surface area contributed by atoms with Crippen LogP contribution in [0.3, 0.4) is 0 Å². The number of nitrogens with zero attached hydrogens (tertiary/aromatic N) is 3. The molecule has 0 amide bonds. The van der Waals surface area contributed by atoms with Crippen molar-refractivity contribution in [2.75, 3.05) is 7.11 Å². The number of aryl methyl sites for hydroxylation is 2. The van der Waals surface area contributed by atoms with Crippen LogP contribution in [-0.4, -0.2) is 21.8 Å². The number of fused-ring (bicyclic) bond motifs is 1.